The molecule has 0 fully saturated rings. The van der Waals surface area contributed by atoms with Gasteiger partial charge in [-0.1, -0.05) is 511 Å². The molecule has 0 heterocycles. The molecule has 20 aromatic rings. The fourth-order valence-electron chi connectivity index (χ4n) is 21.5. The Kier molecular flexibility index (Phi) is 23.7. The summed E-state index contributed by atoms with van der Waals surface area (Å²) in [7, 11) is 0. The van der Waals surface area contributed by atoms with E-state index < -0.39 is 0 Å². The van der Waals surface area contributed by atoms with Gasteiger partial charge in [-0.05, 0) is 216 Å². The summed E-state index contributed by atoms with van der Waals surface area (Å²) in [6.07, 6.45) is 0. The summed E-state index contributed by atoms with van der Waals surface area (Å²) in [5, 5.41) is 7.06. The minimum Gasteiger partial charge on any atom is -0.310 e. The molecule has 0 saturated carbocycles. The molecule has 0 unspecified atom stereocenters. The van der Waals surface area contributed by atoms with Crippen LogP contribution in [-0.4, -0.2) is 0 Å². The third-order valence-electron chi connectivity index (χ3n) is 31.4. The molecule has 0 atom stereocenters. The first kappa shape index (κ1) is 90.8. The Labute approximate surface area is 819 Å². The van der Waals surface area contributed by atoms with E-state index in [1.165, 1.54) is 133 Å². The van der Waals surface area contributed by atoms with Crippen molar-refractivity contribution in [2.75, 3.05) is 9.80 Å². The smallest absolute Gasteiger partial charge is 0.0540 e. The van der Waals surface area contributed by atoms with Gasteiger partial charge < -0.3 is 9.80 Å². The third kappa shape index (κ3) is 16.9. The molecule has 2 heteroatoms. The molecule has 0 saturated heterocycles. The van der Waals surface area contributed by atoms with Crippen LogP contribution in [0.1, 0.15) is 200 Å². The van der Waals surface area contributed by atoms with E-state index >= 15 is 0 Å². The third-order valence-corrected chi connectivity index (χ3v) is 31.4. The van der Waals surface area contributed by atoms with Crippen LogP contribution in [0.25, 0.3) is 76.8 Å². The molecular weight excluding hydrogens is 1660 g/mol. The molecule has 0 N–H and O–H groups in total. The highest BCUT2D eigenvalue weighted by atomic mass is 15.2. The number of nitrogens with zero attached hydrogens (tertiary/aromatic N) is 2. The van der Waals surface area contributed by atoms with Crippen LogP contribution >= 0.6 is 0 Å². The number of anilines is 6. The van der Waals surface area contributed by atoms with Gasteiger partial charge in [-0.15, -0.1) is 0 Å². The highest BCUT2D eigenvalue weighted by molar-refractivity contribution is 6.28. The van der Waals surface area contributed by atoms with E-state index in [4.69, 9.17) is 0 Å². The summed E-state index contributed by atoms with van der Waals surface area (Å²) in [6, 6.07) is 174. The van der Waals surface area contributed by atoms with Crippen LogP contribution in [0.3, 0.4) is 0 Å². The van der Waals surface area contributed by atoms with Crippen molar-refractivity contribution < 1.29 is 0 Å². The minimum atomic E-state index is -0.329. The van der Waals surface area contributed by atoms with Gasteiger partial charge in [0.05, 0.1) is 11.4 Å². The minimum absolute atomic E-state index is 0.305. The maximum atomic E-state index is 2.54. The molecule has 0 aromatic heterocycles. The number of hydrogen-bond acceptors (Lipinski definition) is 2. The largest absolute Gasteiger partial charge is 0.310 e. The van der Waals surface area contributed by atoms with Crippen molar-refractivity contribution in [1.29, 1.82) is 0 Å². The zero-order valence-electron chi connectivity index (χ0n) is 82.8. The Morgan fingerprint density at radius 2 is 0.326 bits per heavy atom. The van der Waals surface area contributed by atoms with Gasteiger partial charge >= 0.3 is 0 Å². The second-order valence-corrected chi connectivity index (χ2v) is 42.6. The van der Waals surface area contributed by atoms with Crippen molar-refractivity contribution in [3.63, 3.8) is 0 Å². The topological polar surface area (TPSA) is 6.48 Å². The summed E-state index contributed by atoms with van der Waals surface area (Å²) in [6.45, 7) is 38.0. The zero-order chi connectivity index (χ0) is 95.7. The Morgan fingerprint density at radius 3 is 0.536 bits per heavy atom. The van der Waals surface area contributed by atoms with Crippen molar-refractivity contribution >= 4 is 66.4 Å². The molecule has 0 aliphatic heterocycles. The van der Waals surface area contributed by atoms with Crippen LogP contribution in [0.5, 0.6) is 0 Å². The molecule has 0 spiro atoms. The first-order chi connectivity index (χ1) is 66.4. The van der Waals surface area contributed by atoms with E-state index in [2.05, 4.69) is 582 Å². The van der Waals surface area contributed by atoms with Gasteiger partial charge in [-0.2, -0.15) is 0 Å². The maximum absolute atomic E-state index is 2.54. The lowest BCUT2D eigenvalue weighted by atomic mass is 9.72. The van der Waals surface area contributed by atoms with E-state index in [9.17, 15) is 0 Å². The van der Waals surface area contributed by atoms with Gasteiger partial charge in [0.25, 0.3) is 0 Å². The quantitative estimate of drug-likeness (QED) is 0.0499. The fraction of sp³-hybridized carbons (Fsp3) is 0.176. The molecule has 0 radical (unpaired) electrons. The second-order valence-electron chi connectivity index (χ2n) is 42.6. The first-order valence-electron chi connectivity index (χ1n) is 49.2. The number of hydrogen-bond donors (Lipinski definition) is 0. The molecule has 138 heavy (non-hydrogen) atoms. The molecule has 20 rings (SSSR count). The van der Waals surface area contributed by atoms with Gasteiger partial charge in [0.15, 0.2) is 0 Å². The van der Waals surface area contributed by atoms with Crippen molar-refractivity contribution in [2.24, 2.45) is 0 Å². The zero-order valence-corrected chi connectivity index (χ0v) is 82.8. The summed E-state index contributed by atoms with van der Waals surface area (Å²) < 4.78 is 0. The van der Waals surface area contributed by atoms with Crippen LogP contribution in [0.4, 0.5) is 34.1 Å². The van der Waals surface area contributed by atoms with Gasteiger partial charge in [0.2, 0.25) is 0 Å². The monoisotopic (exact) mass is 1780 g/mol. The van der Waals surface area contributed by atoms with Crippen molar-refractivity contribution in [3.8, 4) is 44.5 Å². The molecule has 0 aliphatic carbocycles. The first-order valence-corrected chi connectivity index (χ1v) is 49.2. The Morgan fingerprint density at radius 1 is 0.130 bits per heavy atom. The lowest BCUT2D eigenvalue weighted by Gasteiger charge is -2.32. The highest BCUT2D eigenvalue weighted by Gasteiger charge is 2.36. The van der Waals surface area contributed by atoms with E-state index in [0.717, 1.165) is 67.2 Å². The standard InChI is InChI=1S/C136H124N2/c1-129(2,103-45-25-17-26-46-103)111-79-99(80-112(89-111)130(3,4)104-47-27-18-28-48-104)93-63-71-119(72-64-93)137(121-61-41-43-97(87-121)101-83-115(133(9,10)107-53-33-21-34-54-107)91-116(84-101)134(11,12)108-55-35-22-36-56-108)125-77-69-95-68-76-124-126(78-70-96-67-75-123(125)127(95)128(96)124)138(120-73-65-94(66-74-120)100-81-113(131(5,6)105-49-29-19-30-50-105)90-114(82-100)132(7,8)106-51-31-20-32-52-106)122-62-42-44-98(88-122)102-85-117(135(13,14)109-57-37-23-38-58-109)92-118(86-102)136(15,16)110-59-39-24-40-60-110/h17-92H,1-16H3. The summed E-state index contributed by atoms with van der Waals surface area (Å²) in [5.41, 5.74) is 33.4. The van der Waals surface area contributed by atoms with Crippen molar-refractivity contribution in [1.82, 2.24) is 0 Å². The number of benzene rings is 20. The maximum Gasteiger partial charge on any atom is 0.0540 e. The molecule has 0 amide bonds. The lowest BCUT2D eigenvalue weighted by molar-refractivity contribution is 0.617. The normalized spacial score (nSPS) is 12.5. The summed E-state index contributed by atoms with van der Waals surface area (Å²) >= 11 is 0. The van der Waals surface area contributed by atoms with Gasteiger partial charge in [0, 0.05) is 76.8 Å². The van der Waals surface area contributed by atoms with Crippen molar-refractivity contribution in [3.05, 3.63) is 550 Å². The van der Waals surface area contributed by atoms with Crippen molar-refractivity contribution in [2.45, 2.75) is 154 Å². The fourth-order valence-corrected chi connectivity index (χ4v) is 21.5. The number of rotatable bonds is 26. The predicted molar refractivity (Wildman–Crippen MR) is 590 cm³/mol. The van der Waals surface area contributed by atoms with Gasteiger partial charge in [-0.25, -0.2) is 0 Å². The molecular formula is C136H124N2. The second kappa shape index (κ2) is 35.9. The van der Waals surface area contributed by atoms with Crippen LogP contribution in [0.15, 0.2) is 461 Å². The Balaban J connectivity index is 0.787. The van der Waals surface area contributed by atoms with E-state index in [1.807, 2.05) is 0 Å². The Bertz CT molecular complexity index is 7040. The summed E-state index contributed by atoms with van der Waals surface area (Å²) in [5.74, 6) is 0. The van der Waals surface area contributed by atoms with Crippen LogP contribution in [-0.2, 0) is 43.3 Å². The molecule has 2 nitrogen and oxygen atoms in total. The summed E-state index contributed by atoms with van der Waals surface area (Å²) in [4.78, 5) is 5.08. The molecule has 0 bridgehead atoms. The molecule has 678 valence electrons. The average molecular weight is 1790 g/mol. The van der Waals surface area contributed by atoms with Crippen LogP contribution < -0.4 is 9.80 Å². The lowest BCUT2D eigenvalue weighted by Crippen LogP contribution is -2.23. The van der Waals surface area contributed by atoms with Gasteiger partial charge in [-0.3, -0.25) is 0 Å². The van der Waals surface area contributed by atoms with E-state index in [-0.39, 0.29) is 43.3 Å². The predicted octanol–water partition coefficient (Wildman–Crippen LogP) is 36.8. The SMILES string of the molecule is CC(C)(c1ccccc1)c1cc(-c2ccc(N(c3cccc(-c4cc(C(C)(C)c5ccccc5)cc(C(C)(C)c5ccccc5)c4)c3)c3ccc4ccc5c(N(c6ccc(-c7cc(C(C)(C)c8ccccc8)cc(C(C)(C)c8ccccc8)c7)cc6)c6cccc(-c7cc(C(C)(C)c8ccccc8)cc(C(C)(C)c8ccccc8)c7)c6)ccc6ccc3c4c65)cc2)cc(C(C)(C)c2ccccc2)c1. The average Bonchev–Trinajstić information content (AvgIpc) is 0.715. The molecule has 20 aromatic carbocycles. The highest BCUT2D eigenvalue weighted by Crippen LogP contribution is 2.53. The van der Waals surface area contributed by atoms with Crippen LogP contribution in [0.2, 0.25) is 0 Å². The van der Waals surface area contributed by atoms with Crippen LogP contribution in [0, 0.1) is 0 Å². The van der Waals surface area contributed by atoms with Gasteiger partial charge in [0.1, 0.15) is 0 Å². The molecule has 0 aliphatic rings. The Hall–Kier alpha value is -15.0. The van der Waals surface area contributed by atoms with E-state index in [0.29, 0.717) is 0 Å². The van der Waals surface area contributed by atoms with E-state index in [1.54, 1.807) is 0 Å².